The molecule has 0 spiro atoms. The number of ether oxygens (including phenoxy) is 1. The van der Waals surface area contributed by atoms with Gasteiger partial charge in [0.1, 0.15) is 12.0 Å². The highest BCUT2D eigenvalue weighted by molar-refractivity contribution is 6.01. The number of urea groups is 1. The van der Waals surface area contributed by atoms with E-state index >= 15 is 0 Å². The number of carbonyl (C=O) groups excluding carboxylic acids is 2. The largest absolute Gasteiger partial charge is 0.381 e. The van der Waals surface area contributed by atoms with Gasteiger partial charge in [-0.2, -0.15) is 0 Å². The molecule has 1 saturated heterocycles. The number of aldehydes is 1. The summed E-state index contributed by atoms with van der Waals surface area (Å²) >= 11 is 0. The second-order valence-corrected chi connectivity index (χ2v) is 9.91. The number of carbonyl (C=O) groups is 2. The van der Waals surface area contributed by atoms with E-state index < -0.39 is 0 Å². The van der Waals surface area contributed by atoms with Gasteiger partial charge in [-0.25, -0.2) is 4.79 Å². The molecule has 2 aromatic rings. The number of aromatic nitrogens is 1. The Kier molecular flexibility index (Phi) is 7.88. The molecule has 0 radical (unpaired) electrons. The summed E-state index contributed by atoms with van der Waals surface area (Å²) in [4.78, 5) is 26.7. The molecule has 2 amide bonds. The highest BCUT2D eigenvalue weighted by atomic mass is 16.5. The predicted molar refractivity (Wildman–Crippen MR) is 132 cm³/mol. The zero-order valence-corrected chi connectivity index (χ0v) is 20.4. The maximum absolute atomic E-state index is 12.9. The minimum Gasteiger partial charge on any atom is -0.381 e. The molecule has 1 aromatic carbocycles. The molecule has 2 aliphatic rings. The van der Waals surface area contributed by atoms with E-state index in [4.69, 9.17) is 9.26 Å². The Morgan fingerprint density at radius 3 is 2.56 bits per heavy atom. The van der Waals surface area contributed by atoms with Crippen molar-refractivity contribution in [1.29, 1.82) is 0 Å². The van der Waals surface area contributed by atoms with Gasteiger partial charge in [-0.1, -0.05) is 25.1 Å². The third-order valence-electron chi connectivity index (χ3n) is 6.61. The molecule has 8 nitrogen and oxygen atoms in total. The summed E-state index contributed by atoms with van der Waals surface area (Å²) in [7, 11) is 0. The lowest BCUT2D eigenvalue weighted by atomic mass is 9.90. The van der Waals surface area contributed by atoms with E-state index in [-0.39, 0.29) is 11.9 Å². The van der Waals surface area contributed by atoms with Crippen molar-refractivity contribution in [1.82, 2.24) is 5.16 Å². The number of nitrogens with one attached hydrogen (secondary N) is 2. The minimum atomic E-state index is -0.374. The highest BCUT2D eigenvalue weighted by Gasteiger charge is 2.33. The summed E-state index contributed by atoms with van der Waals surface area (Å²) in [6.07, 6.45) is 5.72. The first kappa shape index (κ1) is 24.3. The highest BCUT2D eigenvalue weighted by Crippen LogP contribution is 2.45. The normalized spacial score (nSPS) is 17.4. The first-order valence-electron chi connectivity index (χ1n) is 12.4. The Hall–Kier alpha value is -2.87. The van der Waals surface area contributed by atoms with Crippen LogP contribution in [-0.4, -0.2) is 43.3 Å². The molecular formula is C26H36N4O4. The van der Waals surface area contributed by atoms with Crippen molar-refractivity contribution in [2.24, 2.45) is 11.8 Å². The van der Waals surface area contributed by atoms with Crippen LogP contribution in [0.4, 0.5) is 22.0 Å². The van der Waals surface area contributed by atoms with Crippen LogP contribution in [0.3, 0.4) is 0 Å². The molecule has 1 unspecified atom stereocenters. The Morgan fingerprint density at radius 2 is 1.94 bits per heavy atom. The van der Waals surface area contributed by atoms with E-state index in [0.717, 1.165) is 68.7 Å². The average molecular weight is 469 g/mol. The van der Waals surface area contributed by atoms with Gasteiger partial charge in [0.2, 0.25) is 0 Å². The lowest BCUT2D eigenvalue weighted by molar-refractivity contribution is -0.108. The SMILES string of the molecule is Cc1cc(NC(=O)Nc2cc(C(CC=O)C3CC3)ccc2N(CC(C)C)C2CCOCC2)no1. The van der Waals surface area contributed by atoms with E-state index in [1.54, 1.807) is 13.0 Å². The number of hydrogen-bond acceptors (Lipinski definition) is 6. The zero-order chi connectivity index (χ0) is 24.1. The zero-order valence-electron chi connectivity index (χ0n) is 20.4. The number of benzene rings is 1. The molecule has 1 aliphatic carbocycles. The van der Waals surface area contributed by atoms with Gasteiger partial charge in [0.25, 0.3) is 0 Å². The Labute approximate surface area is 201 Å². The van der Waals surface area contributed by atoms with Gasteiger partial charge in [-0.05, 0) is 68.1 Å². The number of amides is 2. The molecule has 4 rings (SSSR count). The fraction of sp³-hybridized carbons (Fsp3) is 0.577. The number of aryl methyl sites for hydroxylation is 1. The van der Waals surface area contributed by atoms with Crippen molar-refractivity contribution in [2.75, 3.05) is 35.3 Å². The van der Waals surface area contributed by atoms with Crippen LogP contribution in [-0.2, 0) is 9.53 Å². The van der Waals surface area contributed by atoms with Gasteiger partial charge in [-0.3, -0.25) is 5.32 Å². The molecule has 1 atom stereocenters. The molecular weight excluding hydrogens is 432 g/mol. The molecule has 2 heterocycles. The third-order valence-corrected chi connectivity index (χ3v) is 6.61. The maximum Gasteiger partial charge on any atom is 0.325 e. The van der Waals surface area contributed by atoms with Crippen LogP contribution in [0.5, 0.6) is 0 Å². The predicted octanol–water partition coefficient (Wildman–Crippen LogP) is 5.35. The summed E-state index contributed by atoms with van der Waals surface area (Å²) in [5.74, 6) is 2.18. The molecule has 1 aliphatic heterocycles. The summed E-state index contributed by atoms with van der Waals surface area (Å²) in [6, 6.07) is 7.96. The van der Waals surface area contributed by atoms with Crippen molar-refractivity contribution in [3.63, 3.8) is 0 Å². The molecule has 2 fully saturated rings. The van der Waals surface area contributed by atoms with E-state index in [2.05, 4.69) is 52.7 Å². The lowest BCUT2D eigenvalue weighted by Crippen LogP contribution is -2.42. The van der Waals surface area contributed by atoms with E-state index in [0.29, 0.717) is 35.9 Å². The maximum atomic E-state index is 12.9. The van der Waals surface area contributed by atoms with Crippen LogP contribution >= 0.6 is 0 Å². The fourth-order valence-electron chi connectivity index (χ4n) is 4.87. The number of nitrogens with zero attached hydrogens (tertiary/aromatic N) is 2. The Bertz CT molecular complexity index is 979. The summed E-state index contributed by atoms with van der Waals surface area (Å²) < 4.78 is 10.7. The van der Waals surface area contributed by atoms with Crippen LogP contribution in [0.1, 0.15) is 63.2 Å². The molecule has 2 N–H and O–H groups in total. The second kappa shape index (κ2) is 11.0. The van der Waals surface area contributed by atoms with Gasteiger partial charge in [0.05, 0.1) is 11.4 Å². The third kappa shape index (κ3) is 6.17. The molecule has 184 valence electrons. The number of anilines is 3. The van der Waals surface area contributed by atoms with E-state index in [9.17, 15) is 9.59 Å². The van der Waals surface area contributed by atoms with Crippen molar-refractivity contribution < 1.29 is 18.8 Å². The van der Waals surface area contributed by atoms with Gasteiger partial charge in [-0.15, -0.1) is 0 Å². The van der Waals surface area contributed by atoms with Crippen LogP contribution in [0.2, 0.25) is 0 Å². The molecule has 34 heavy (non-hydrogen) atoms. The topological polar surface area (TPSA) is 96.7 Å². The lowest BCUT2D eigenvalue weighted by Gasteiger charge is -2.38. The minimum absolute atomic E-state index is 0.190. The van der Waals surface area contributed by atoms with Crippen LogP contribution in [0.25, 0.3) is 0 Å². The molecule has 1 saturated carbocycles. The summed E-state index contributed by atoms with van der Waals surface area (Å²) in [6.45, 7) is 8.56. The van der Waals surface area contributed by atoms with Gasteiger partial charge in [0, 0.05) is 38.3 Å². The number of rotatable bonds is 10. The van der Waals surface area contributed by atoms with Crippen LogP contribution in [0.15, 0.2) is 28.8 Å². The van der Waals surface area contributed by atoms with Crippen LogP contribution in [0, 0.1) is 18.8 Å². The first-order valence-corrected chi connectivity index (χ1v) is 12.4. The van der Waals surface area contributed by atoms with Crippen molar-refractivity contribution in [3.05, 3.63) is 35.6 Å². The van der Waals surface area contributed by atoms with Crippen LogP contribution < -0.4 is 15.5 Å². The summed E-state index contributed by atoms with van der Waals surface area (Å²) in [5, 5.41) is 9.68. The van der Waals surface area contributed by atoms with Crippen molar-refractivity contribution in [2.45, 2.75) is 64.8 Å². The molecule has 1 aromatic heterocycles. The molecule has 8 heteroatoms. The molecule has 0 bridgehead atoms. The Balaban J connectivity index is 1.66. The van der Waals surface area contributed by atoms with Crippen molar-refractivity contribution >= 4 is 29.5 Å². The van der Waals surface area contributed by atoms with Gasteiger partial charge < -0.3 is 24.3 Å². The Morgan fingerprint density at radius 1 is 1.18 bits per heavy atom. The van der Waals surface area contributed by atoms with E-state index in [1.165, 1.54) is 0 Å². The monoisotopic (exact) mass is 468 g/mol. The second-order valence-electron chi connectivity index (χ2n) is 9.91. The first-order chi connectivity index (χ1) is 16.4. The smallest absolute Gasteiger partial charge is 0.325 e. The van der Waals surface area contributed by atoms with Crippen molar-refractivity contribution in [3.8, 4) is 0 Å². The van der Waals surface area contributed by atoms with E-state index in [1.807, 2.05) is 0 Å². The number of hydrogen-bond donors (Lipinski definition) is 2. The van der Waals surface area contributed by atoms with Gasteiger partial charge >= 0.3 is 6.03 Å². The standard InChI is InChI=1S/C26H36N4O4/c1-17(2)16-30(21-9-12-33-13-10-21)24-7-6-20(22(8-11-31)19-4-5-19)15-23(24)27-26(32)28-25-14-18(3)34-29-25/h6-7,11,14-15,17,19,21-22H,4-5,8-10,12-13,16H2,1-3H3,(H2,27,28,29,32). The fourth-order valence-corrected chi connectivity index (χ4v) is 4.87. The van der Waals surface area contributed by atoms with Gasteiger partial charge in [0.15, 0.2) is 5.82 Å². The quantitative estimate of drug-likeness (QED) is 0.456. The average Bonchev–Trinajstić information content (AvgIpc) is 3.58. The summed E-state index contributed by atoms with van der Waals surface area (Å²) in [5.41, 5.74) is 2.85.